The third-order valence-electron chi connectivity index (χ3n) is 4.34. The Hall–Kier alpha value is -1.41. The molecule has 2 heteroatoms. The van der Waals surface area contributed by atoms with Crippen LogP contribution in [0.4, 0.5) is 0 Å². The van der Waals surface area contributed by atoms with Gasteiger partial charge in [-0.1, -0.05) is 58.2 Å². The van der Waals surface area contributed by atoms with Crippen LogP contribution in [0.2, 0.25) is 0 Å². The Morgan fingerprint density at radius 2 is 2.00 bits per heavy atom. The fourth-order valence-electron chi connectivity index (χ4n) is 3.13. The molecule has 0 aliphatic heterocycles. The Kier molecular flexibility index (Phi) is 6.19. The lowest BCUT2D eigenvalue weighted by Gasteiger charge is -2.28. The minimum atomic E-state index is 0.443. The molecule has 0 aliphatic rings. The lowest BCUT2D eigenvalue weighted by molar-refractivity contribution is 0.328. The summed E-state index contributed by atoms with van der Waals surface area (Å²) in [6, 6.07) is 11.3. The summed E-state index contributed by atoms with van der Waals surface area (Å²) >= 11 is 0. The molecule has 0 saturated heterocycles. The minimum absolute atomic E-state index is 0.443. The van der Waals surface area contributed by atoms with Gasteiger partial charge in [-0.15, -0.1) is 0 Å². The number of aromatic nitrogens is 1. The van der Waals surface area contributed by atoms with E-state index in [-0.39, 0.29) is 0 Å². The van der Waals surface area contributed by atoms with E-state index in [0.717, 1.165) is 12.1 Å². The van der Waals surface area contributed by atoms with Crippen molar-refractivity contribution in [2.24, 2.45) is 5.92 Å². The van der Waals surface area contributed by atoms with Crippen LogP contribution in [0.25, 0.3) is 10.9 Å². The van der Waals surface area contributed by atoms with E-state index in [0.29, 0.717) is 12.0 Å². The highest BCUT2D eigenvalue weighted by molar-refractivity contribution is 5.79. The van der Waals surface area contributed by atoms with Crippen molar-refractivity contribution < 1.29 is 0 Å². The number of benzene rings is 1. The summed E-state index contributed by atoms with van der Waals surface area (Å²) in [6.45, 7) is 7.78. The van der Waals surface area contributed by atoms with Crippen molar-refractivity contribution in [3.05, 3.63) is 42.1 Å². The maximum atomic E-state index is 4.50. The number of hydrogen-bond acceptors (Lipinski definition) is 2. The third-order valence-corrected chi connectivity index (χ3v) is 4.34. The molecule has 1 aromatic heterocycles. The molecular weight excluding hydrogens is 256 g/mol. The normalized spacial score (nSPS) is 14.2. The van der Waals surface area contributed by atoms with Crippen LogP contribution in [0, 0.1) is 5.92 Å². The number of fused-ring (bicyclic) bond motifs is 1. The van der Waals surface area contributed by atoms with Gasteiger partial charge in [0.25, 0.3) is 0 Å². The van der Waals surface area contributed by atoms with Crippen molar-refractivity contribution in [3.63, 3.8) is 0 Å². The van der Waals surface area contributed by atoms with E-state index in [2.05, 4.69) is 55.3 Å². The monoisotopic (exact) mass is 284 g/mol. The SMILES string of the molecule is CCCCC(CC)C(NCC)c1ccc2cccnc2c1. The number of nitrogens with zero attached hydrogens (tertiary/aromatic N) is 1. The number of hydrogen-bond donors (Lipinski definition) is 1. The molecule has 0 saturated carbocycles. The molecule has 0 radical (unpaired) electrons. The molecule has 2 unspecified atom stereocenters. The van der Waals surface area contributed by atoms with Crippen molar-refractivity contribution in [2.45, 2.75) is 52.5 Å². The van der Waals surface area contributed by atoms with E-state index in [1.165, 1.54) is 36.6 Å². The predicted molar refractivity (Wildman–Crippen MR) is 91.5 cm³/mol. The molecule has 2 rings (SSSR count). The second-order valence-electron chi connectivity index (χ2n) is 5.80. The van der Waals surface area contributed by atoms with Gasteiger partial charge in [-0.3, -0.25) is 4.98 Å². The van der Waals surface area contributed by atoms with Gasteiger partial charge in [0, 0.05) is 17.6 Å². The molecule has 1 heterocycles. The summed E-state index contributed by atoms with van der Waals surface area (Å²) in [5, 5.41) is 4.92. The average Bonchev–Trinajstić information content (AvgIpc) is 2.54. The first-order valence-corrected chi connectivity index (χ1v) is 8.38. The molecule has 21 heavy (non-hydrogen) atoms. The summed E-state index contributed by atoms with van der Waals surface area (Å²) in [6.07, 6.45) is 6.98. The van der Waals surface area contributed by atoms with Gasteiger partial charge in [0.15, 0.2) is 0 Å². The fraction of sp³-hybridized carbons (Fsp3) is 0.526. The van der Waals surface area contributed by atoms with Crippen LogP contribution < -0.4 is 5.32 Å². The maximum Gasteiger partial charge on any atom is 0.0705 e. The number of rotatable bonds is 8. The molecular formula is C19H28N2. The molecule has 1 aromatic carbocycles. The Bertz CT molecular complexity index is 550. The zero-order valence-corrected chi connectivity index (χ0v) is 13.6. The standard InChI is InChI=1S/C19H28N2/c1-4-7-9-15(5-2)19(20-6-3)17-12-11-16-10-8-13-21-18(16)14-17/h8,10-15,19-20H,4-7,9H2,1-3H3. The summed E-state index contributed by atoms with van der Waals surface area (Å²) in [5.74, 6) is 0.700. The van der Waals surface area contributed by atoms with E-state index in [1.54, 1.807) is 0 Å². The van der Waals surface area contributed by atoms with Crippen molar-refractivity contribution in [3.8, 4) is 0 Å². The van der Waals surface area contributed by atoms with Crippen LogP contribution in [0.5, 0.6) is 0 Å². The molecule has 2 nitrogen and oxygen atoms in total. The van der Waals surface area contributed by atoms with Crippen molar-refractivity contribution in [1.82, 2.24) is 10.3 Å². The van der Waals surface area contributed by atoms with E-state index in [9.17, 15) is 0 Å². The Balaban J connectivity index is 2.29. The average molecular weight is 284 g/mol. The zero-order valence-electron chi connectivity index (χ0n) is 13.6. The molecule has 2 aromatic rings. The van der Waals surface area contributed by atoms with Crippen molar-refractivity contribution in [2.75, 3.05) is 6.54 Å². The van der Waals surface area contributed by atoms with Gasteiger partial charge in [-0.2, -0.15) is 0 Å². The van der Waals surface area contributed by atoms with Crippen LogP contribution in [0.15, 0.2) is 36.5 Å². The Morgan fingerprint density at radius 1 is 1.14 bits per heavy atom. The molecule has 0 spiro atoms. The van der Waals surface area contributed by atoms with Crippen LogP contribution in [-0.2, 0) is 0 Å². The number of nitrogens with one attached hydrogen (secondary N) is 1. The van der Waals surface area contributed by atoms with Crippen LogP contribution in [0.1, 0.15) is 58.1 Å². The number of pyridine rings is 1. The fourth-order valence-corrected chi connectivity index (χ4v) is 3.13. The van der Waals surface area contributed by atoms with Crippen LogP contribution >= 0.6 is 0 Å². The highest BCUT2D eigenvalue weighted by Crippen LogP contribution is 2.30. The van der Waals surface area contributed by atoms with E-state index < -0.39 is 0 Å². The second kappa shape index (κ2) is 8.14. The van der Waals surface area contributed by atoms with Gasteiger partial charge in [-0.05, 0) is 36.6 Å². The largest absolute Gasteiger partial charge is 0.310 e. The van der Waals surface area contributed by atoms with Gasteiger partial charge in [0.1, 0.15) is 0 Å². The first-order valence-electron chi connectivity index (χ1n) is 8.38. The first kappa shape index (κ1) is 16.0. The molecule has 0 bridgehead atoms. The minimum Gasteiger partial charge on any atom is -0.310 e. The summed E-state index contributed by atoms with van der Waals surface area (Å²) in [7, 11) is 0. The second-order valence-corrected chi connectivity index (χ2v) is 5.80. The van der Waals surface area contributed by atoms with Gasteiger partial charge >= 0.3 is 0 Å². The molecule has 0 fully saturated rings. The van der Waals surface area contributed by atoms with Crippen LogP contribution in [-0.4, -0.2) is 11.5 Å². The number of unbranched alkanes of at least 4 members (excludes halogenated alkanes) is 1. The highest BCUT2D eigenvalue weighted by atomic mass is 14.9. The Labute approximate surface area is 129 Å². The first-order chi connectivity index (χ1) is 10.3. The van der Waals surface area contributed by atoms with Gasteiger partial charge in [0.2, 0.25) is 0 Å². The molecule has 114 valence electrons. The lowest BCUT2D eigenvalue weighted by atomic mass is 9.86. The summed E-state index contributed by atoms with van der Waals surface area (Å²) in [5.41, 5.74) is 2.48. The maximum absolute atomic E-state index is 4.50. The summed E-state index contributed by atoms with van der Waals surface area (Å²) < 4.78 is 0. The molecule has 0 amide bonds. The van der Waals surface area contributed by atoms with Gasteiger partial charge in [0.05, 0.1) is 5.52 Å². The van der Waals surface area contributed by atoms with Crippen molar-refractivity contribution >= 4 is 10.9 Å². The summed E-state index contributed by atoms with van der Waals surface area (Å²) in [4.78, 5) is 4.50. The molecule has 0 aliphatic carbocycles. The Morgan fingerprint density at radius 3 is 2.71 bits per heavy atom. The highest BCUT2D eigenvalue weighted by Gasteiger charge is 2.20. The lowest BCUT2D eigenvalue weighted by Crippen LogP contribution is -2.28. The van der Waals surface area contributed by atoms with E-state index in [1.807, 2.05) is 12.3 Å². The molecule has 1 N–H and O–H groups in total. The third kappa shape index (κ3) is 4.04. The van der Waals surface area contributed by atoms with Gasteiger partial charge < -0.3 is 5.32 Å². The van der Waals surface area contributed by atoms with E-state index >= 15 is 0 Å². The van der Waals surface area contributed by atoms with Crippen molar-refractivity contribution in [1.29, 1.82) is 0 Å². The predicted octanol–water partition coefficient (Wildman–Crippen LogP) is 5.10. The van der Waals surface area contributed by atoms with Crippen LogP contribution in [0.3, 0.4) is 0 Å². The smallest absolute Gasteiger partial charge is 0.0705 e. The topological polar surface area (TPSA) is 24.9 Å². The van der Waals surface area contributed by atoms with E-state index in [4.69, 9.17) is 0 Å². The zero-order chi connectivity index (χ0) is 15.1. The molecule has 2 atom stereocenters. The quantitative estimate of drug-likeness (QED) is 0.729. The van der Waals surface area contributed by atoms with Gasteiger partial charge in [-0.25, -0.2) is 0 Å².